The van der Waals surface area contributed by atoms with Crippen LogP contribution in [-0.4, -0.2) is 34.8 Å². The van der Waals surface area contributed by atoms with E-state index in [9.17, 15) is 13.2 Å². The molecule has 168 valence electrons. The van der Waals surface area contributed by atoms with Gasteiger partial charge in [-0.3, -0.25) is 0 Å². The fourth-order valence-electron chi connectivity index (χ4n) is 4.16. The molecule has 3 rings (SSSR count). The third-order valence-corrected chi connectivity index (χ3v) is 11.3. The molecule has 0 radical (unpaired) electrons. The first-order valence-electron chi connectivity index (χ1n) is 10.3. The average molecular weight is 487 g/mol. The van der Waals surface area contributed by atoms with E-state index >= 15 is 0 Å². The van der Waals surface area contributed by atoms with Crippen molar-refractivity contribution in [1.29, 1.82) is 0 Å². The summed E-state index contributed by atoms with van der Waals surface area (Å²) in [5, 5.41) is 1.70. The van der Waals surface area contributed by atoms with Crippen LogP contribution in [0.25, 0.3) is 0 Å². The van der Waals surface area contributed by atoms with Gasteiger partial charge in [0.2, 0.25) is 0 Å². The Labute approximate surface area is 196 Å². The van der Waals surface area contributed by atoms with E-state index in [4.69, 9.17) is 16.3 Å². The molecule has 4 nitrogen and oxygen atoms in total. The van der Waals surface area contributed by atoms with Crippen LogP contribution in [0, 0.1) is 0 Å². The standard InChI is InChI=1S/C25H27ClO4SSi/c1-18(30-25(27)20-9-8-10-21(26)17-20)24(32(3,4)23-11-6-5-7-12-23)19-13-15-22(16-14-19)31(2,28)29/h5-18,24H,1-4H3/t18?,24-/m0/s1. The average Bonchev–Trinajstić information content (AvgIpc) is 2.74. The number of benzene rings is 3. The lowest BCUT2D eigenvalue weighted by Crippen LogP contribution is -2.52. The number of carbonyl (C=O) groups excluding carboxylic acids is 1. The first-order valence-corrected chi connectivity index (χ1v) is 15.7. The lowest BCUT2D eigenvalue weighted by atomic mass is 10.1. The van der Waals surface area contributed by atoms with Crippen molar-refractivity contribution >= 4 is 40.7 Å². The van der Waals surface area contributed by atoms with E-state index in [-0.39, 0.29) is 10.4 Å². The maximum atomic E-state index is 12.8. The Morgan fingerprint density at radius 1 is 0.938 bits per heavy atom. The Bertz CT molecular complexity index is 1190. The van der Waals surface area contributed by atoms with Gasteiger partial charge in [0, 0.05) is 16.8 Å². The molecule has 7 heteroatoms. The summed E-state index contributed by atoms with van der Waals surface area (Å²) in [7, 11) is -5.51. The molecule has 1 unspecified atom stereocenters. The van der Waals surface area contributed by atoms with Crippen LogP contribution in [0.4, 0.5) is 0 Å². The summed E-state index contributed by atoms with van der Waals surface area (Å²) in [6, 6.07) is 23.8. The van der Waals surface area contributed by atoms with Gasteiger partial charge in [0.25, 0.3) is 0 Å². The summed E-state index contributed by atoms with van der Waals surface area (Å²) in [5.74, 6) is -0.435. The van der Waals surface area contributed by atoms with Gasteiger partial charge in [0.05, 0.1) is 18.5 Å². The van der Waals surface area contributed by atoms with Gasteiger partial charge >= 0.3 is 5.97 Å². The predicted molar refractivity (Wildman–Crippen MR) is 132 cm³/mol. The van der Waals surface area contributed by atoms with Crippen LogP contribution >= 0.6 is 11.6 Å². The Hall–Kier alpha value is -2.41. The number of carbonyl (C=O) groups is 1. The lowest BCUT2D eigenvalue weighted by molar-refractivity contribution is 0.0327. The summed E-state index contributed by atoms with van der Waals surface area (Å²) in [6.07, 6.45) is 0.754. The fraction of sp³-hybridized carbons (Fsp3) is 0.240. The molecule has 0 fully saturated rings. The number of sulfone groups is 1. The molecule has 0 aliphatic carbocycles. The van der Waals surface area contributed by atoms with Crippen molar-refractivity contribution in [2.45, 2.75) is 36.6 Å². The first-order chi connectivity index (χ1) is 15.0. The minimum Gasteiger partial charge on any atom is -0.459 e. The molecule has 0 amide bonds. The maximum Gasteiger partial charge on any atom is 0.338 e. The van der Waals surface area contributed by atoms with Crippen LogP contribution in [0.1, 0.15) is 28.4 Å². The smallest absolute Gasteiger partial charge is 0.338 e. The van der Waals surface area contributed by atoms with Crippen molar-refractivity contribution < 1.29 is 17.9 Å². The van der Waals surface area contributed by atoms with E-state index in [0.717, 1.165) is 5.56 Å². The maximum absolute atomic E-state index is 12.8. The highest BCUT2D eigenvalue weighted by Crippen LogP contribution is 2.33. The minimum absolute atomic E-state index is 0.0957. The van der Waals surface area contributed by atoms with E-state index in [1.54, 1.807) is 36.4 Å². The fourth-order valence-corrected chi connectivity index (χ4v) is 8.66. The molecular formula is C25H27ClO4SSi. The number of ether oxygens (including phenoxy) is 1. The molecule has 0 N–H and O–H groups in total. The van der Waals surface area contributed by atoms with Gasteiger partial charge in [-0.1, -0.05) is 78.4 Å². The van der Waals surface area contributed by atoms with Crippen LogP contribution in [-0.2, 0) is 14.6 Å². The van der Waals surface area contributed by atoms with Crippen LogP contribution in [0.5, 0.6) is 0 Å². The molecule has 3 aromatic rings. The summed E-state index contributed by atoms with van der Waals surface area (Å²) in [6.45, 7) is 6.37. The van der Waals surface area contributed by atoms with Crippen LogP contribution in [0.15, 0.2) is 83.8 Å². The van der Waals surface area contributed by atoms with Gasteiger partial charge in [0.1, 0.15) is 6.10 Å². The summed E-state index contributed by atoms with van der Waals surface area (Å²) in [4.78, 5) is 13.1. The van der Waals surface area contributed by atoms with E-state index in [1.807, 2.05) is 37.3 Å². The van der Waals surface area contributed by atoms with Gasteiger partial charge in [-0.05, 0) is 42.8 Å². The molecule has 2 atom stereocenters. The topological polar surface area (TPSA) is 60.4 Å². The molecule has 0 heterocycles. The Balaban J connectivity index is 2.01. The van der Waals surface area contributed by atoms with Crippen molar-refractivity contribution in [2.24, 2.45) is 0 Å². The second-order valence-corrected chi connectivity index (χ2v) is 15.6. The van der Waals surface area contributed by atoms with E-state index in [2.05, 4.69) is 25.2 Å². The summed E-state index contributed by atoms with van der Waals surface area (Å²) < 4.78 is 29.8. The van der Waals surface area contributed by atoms with Crippen LogP contribution < -0.4 is 5.19 Å². The van der Waals surface area contributed by atoms with E-state index in [0.29, 0.717) is 10.6 Å². The van der Waals surface area contributed by atoms with Gasteiger partial charge in [-0.15, -0.1) is 0 Å². The number of hydrogen-bond acceptors (Lipinski definition) is 4. The van der Waals surface area contributed by atoms with Crippen LogP contribution in [0.2, 0.25) is 18.1 Å². The molecule has 3 aromatic carbocycles. The number of halogens is 1. The molecule has 0 aliphatic rings. The Morgan fingerprint density at radius 2 is 1.56 bits per heavy atom. The lowest BCUT2D eigenvalue weighted by Gasteiger charge is -2.37. The summed E-state index contributed by atoms with van der Waals surface area (Å²) in [5.41, 5.74) is 1.25. The van der Waals surface area contributed by atoms with Gasteiger partial charge in [0.15, 0.2) is 9.84 Å². The minimum atomic E-state index is -3.30. The highest BCUT2D eigenvalue weighted by Gasteiger charge is 2.40. The highest BCUT2D eigenvalue weighted by molar-refractivity contribution is 7.90. The van der Waals surface area contributed by atoms with Gasteiger partial charge in [-0.2, -0.15) is 0 Å². The van der Waals surface area contributed by atoms with Gasteiger partial charge < -0.3 is 4.74 Å². The van der Waals surface area contributed by atoms with Crippen LogP contribution in [0.3, 0.4) is 0 Å². The molecule has 0 aliphatic heterocycles. The van der Waals surface area contributed by atoms with Crippen molar-refractivity contribution in [3.8, 4) is 0 Å². The molecule has 0 spiro atoms. The Morgan fingerprint density at radius 3 is 2.12 bits per heavy atom. The summed E-state index contributed by atoms with van der Waals surface area (Å²) >= 11 is 6.04. The molecule has 0 saturated carbocycles. The molecular weight excluding hydrogens is 460 g/mol. The van der Waals surface area contributed by atoms with Crippen molar-refractivity contribution in [3.05, 3.63) is 95.0 Å². The van der Waals surface area contributed by atoms with E-state index < -0.39 is 30.0 Å². The SMILES string of the molecule is CC(OC(=O)c1cccc(Cl)c1)[C@@H](c1ccc(S(C)(=O)=O)cc1)[Si](C)(C)c1ccccc1. The second-order valence-electron chi connectivity index (χ2n) is 8.53. The number of hydrogen-bond donors (Lipinski definition) is 0. The molecule has 0 aromatic heterocycles. The zero-order valence-corrected chi connectivity index (χ0v) is 21.2. The zero-order valence-electron chi connectivity index (χ0n) is 18.6. The third-order valence-electron chi connectivity index (χ3n) is 5.79. The number of esters is 1. The Kier molecular flexibility index (Phi) is 7.28. The normalized spacial score (nSPS) is 13.9. The highest BCUT2D eigenvalue weighted by atomic mass is 35.5. The zero-order chi connectivity index (χ0) is 23.5. The largest absolute Gasteiger partial charge is 0.459 e. The quantitative estimate of drug-likeness (QED) is 0.339. The third kappa shape index (κ3) is 5.49. The predicted octanol–water partition coefficient (Wildman–Crippen LogP) is 5.23. The monoisotopic (exact) mass is 486 g/mol. The van der Waals surface area contributed by atoms with Crippen molar-refractivity contribution in [3.63, 3.8) is 0 Å². The first kappa shape index (κ1) is 24.2. The second kappa shape index (κ2) is 9.61. The number of rotatable bonds is 7. The van der Waals surface area contributed by atoms with E-state index in [1.165, 1.54) is 11.4 Å². The van der Waals surface area contributed by atoms with Crippen molar-refractivity contribution in [1.82, 2.24) is 0 Å². The molecule has 0 bridgehead atoms. The van der Waals surface area contributed by atoms with Crippen molar-refractivity contribution in [2.75, 3.05) is 6.26 Å². The van der Waals surface area contributed by atoms with Gasteiger partial charge in [-0.25, -0.2) is 13.2 Å². The molecule has 0 saturated heterocycles. The molecule has 32 heavy (non-hydrogen) atoms.